The Balaban J connectivity index is 1.38. The molecule has 7 nitrogen and oxygen atoms in total. The molecule has 2 aliphatic rings. The standard InChI is InChI=1S/C17H14ClN3O4S2/c18-9-6-27-16-13(15(23)21(16)14(9)17(24)25)20-12(22)5-19-10-7-26-11-4-2-1-3-8(10)11/h1-4,7,13,16,19H,5-6H2,(H,20,22)(H,24,25)/t13?,16-/m0/s1. The van der Waals surface area contributed by atoms with Crippen molar-refractivity contribution in [3.05, 3.63) is 40.4 Å². The van der Waals surface area contributed by atoms with Crippen molar-refractivity contribution in [1.82, 2.24) is 10.2 Å². The van der Waals surface area contributed by atoms with E-state index in [9.17, 15) is 19.5 Å². The number of fused-ring (bicyclic) bond motifs is 2. The third-order valence-electron chi connectivity index (χ3n) is 4.36. The van der Waals surface area contributed by atoms with Crippen LogP contribution in [0, 0.1) is 0 Å². The predicted octanol–water partition coefficient (Wildman–Crippen LogP) is 2.25. The molecule has 1 aromatic heterocycles. The molecule has 2 aromatic rings. The van der Waals surface area contributed by atoms with Crippen molar-refractivity contribution in [3.8, 4) is 0 Å². The third kappa shape index (κ3) is 3.15. The Bertz CT molecular complexity index is 989. The number of carbonyl (C=O) groups is 3. The zero-order chi connectivity index (χ0) is 19.1. The van der Waals surface area contributed by atoms with E-state index in [1.165, 1.54) is 11.8 Å². The minimum Gasteiger partial charge on any atom is -0.477 e. The monoisotopic (exact) mass is 423 g/mol. The molecule has 0 saturated carbocycles. The van der Waals surface area contributed by atoms with Crippen LogP contribution < -0.4 is 10.6 Å². The number of thiophene rings is 1. The molecular formula is C17H14ClN3O4S2. The number of hydrogen-bond acceptors (Lipinski definition) is 6. The molecule has 2 amide bonds. The highest BCUT2D eigenvalue weighted by molar-refractivity contribution is 8.00. The number of halogens is 1. The summed E-state index contributed by atoms with van der Waals surface area (Å²) in [5.41, 5.74) is 0.668. The van der Waals surface area contributed by atoms with Crippen LogP contribution in [-0.4, -0.2) is 51.5 Å². The van der Waals surface area contributed by atoms with Crippen LogP contribution in [0.3, 0.4) is 0 Å². The Morgan fingerprint density at radius 2 is 2.11 bits per heavy atom. The van der Waals surface area contributed by atoms with Gasteiger partial charge < -0.3 is 15.7 Å². The van der Waals surface area contributed by atoms with Crippen molar-refractivity contribution in [2.75, 3.05) is 17.6 Å². The van der Waals surface area contributed by atoms with E-state index in [4.69, 9.17) is 11.6 Å². The van der Waals surface area contributed by atoms with Gasteiger partial charge in [-0.25, -0.2) is 4.79 Å². The minimum absolute atomic E-state index is 0.0181. The van der Waals surface area contributed by atoms with Gasteiger partial charge >= 0.3 is 5.97 Å². The van der Waals surface area contributed by atoms with E-state index in [1.807, 2.05) is 29.6 Å². The van der Waals surface area contributed by atoms with Crippen molar-refractivity contribution in [2.24, 2.45) is 0 Å². The second kappa shape index (κ2) is 7.06. The van der Waals surface area contributed by atoms with Crippen molar-refractivity contribution in [1.29, 1.82) is 0 Å². The fourth-order valence-corrected chi connectivity index (χ4v) is 5.56. The SMILES string of the molecule is O=C(CNc1csc2ccccc12)NC1C(=O)N2C(C(=O)O)=C(Cl)CS[C@@H]12. The maximum absolute atomic E-state index is 12.3. The number of aliphatic carboxylic acids is 1. The summed E-state index contributed by atoms with van der Waals surface area (Å²) in [6, 6.07) is 7.12. The fraction of sp³-hybridized carbons (Fsp3) is 0.235. The number of β-lactam (4-membered cyclic amide) rings is 1. The lowest BCUT2D eigenvalue weighted by atomic mass is 10.1. The van der Waals surface area contributed by atoms with E-state index in [2.05, 4.69) is 10.6 Å². The second-order valence-electron chi connectivity index (χ2n) is 6.01. The molecule has 0 radical (unpaired) electrons. The van der Waals surface area contributed by atoms with Crippen LogP contribution in [0.2, 0.25) is 0 Å². The summed E-state index contributed by atoms with van der Waals surface area (Å²) < 4.78 is 1.12. The topological polar surface area (TPSA) is 98.7 Å². The molecule has 1 fully saturated rings. The second-order valence-corrected chi connectivity index (χ2v) is 8.49. The van der Waals surface area contributed by atoms with Gasteiger partial charge in [-0.15, -0.1) is 23.1 Å². The normalized spacial score (nSPS) is 21.7. The fourth-order valence-electron chi connectivity index (χ4n) is 3.10. The molecule has 0 aliphatic carbocycles. The Hall–Kier alpha value is -2.23. The number of thioether (sulfide) groups is 1. The van der Waals surface area contributed by atoms with E-state index in [0.29, 0.717) is 5.75 Å². The van der Waals surface area contributed by atoms with E-state index < -0.39 is 23.3 Å². The molecular weight excluding hydrogens is 410 g/mol. The lowest BCUT2D eigenvalue weighted by Gasteiger charge is -2.48. The first-order valence-corrected chi connectivity index (χ1v) is 10.3. The zero-order valence-corrected chi connectivity index (χ0v) is 16.2. The summed E-state index contributed by atoms with van der Waals surface area (Å²) in [5.74, 6) is -1.74. The number of carboxylic acids is 1. The van der Waals surface area contributed by atoms with Crippen molar-refractivity contribution in [2.45, 2.75) is 11.4 Å². The van der Waals surface area contributed by atoms with Crippen LogP contribution in [0.15, 0.2) is 40.4 Å². The largest absolute Gasteiger partial charge is 0.477 e. The van der Waals surface area contributed by atoms with Gasteiger partial charge in [0.1, 0.15) is 17.1 Å². The van der Waals surface area contributed by atoms with Gasteiger partial charge in [0, 0.05) is 21.2 Å². The molecule has 10 heteroatoms. The first-order valence-electron chi connectivity index (χ1n) is 8.03. The molecule has 140 valence electrons. The van der Waals surface area contributed by atoms with Gasteiger partial charge in [-0.3, -0.25) is 14.5 Å². The molecule has 1 unspecified atom stereocenters. The molecule has 27 heavy (non-hydrogen) atoms. The molecule has 3 heterocycles. The Morgan fingerprint density at radius 1 is 1.33 bits per heavy atom. The van der Waals surface area contributed by atoms with E-state index in [-0.39, 0.29) is 23.2 Å². The summed E-state index contributed by atoms with van der Waals surface area (Å²) >= 11 is 8.85. The quantitative estimate of drug-likeness (QED) is 0.638. The molecule has 4 rings (SSSR count). The molecule has 0 spiro atoms. The number of nitrogens with zero attached hydrogens (tertiary/aromatic N) is 1. The van der Waals surface area contributed by atoms with E-state index in [0.717, 1.165) is 20.7 Å². The number of nitrogens with one attached hydrogen (secondary N) is 2. The highest BCUT2D eigenvalue weighted by Gasteiger charge is 2.54. The van der Waals surface area contributed by atoms with Gasteiger partial charge in [0.15, 0.2) is 0 Å². The lowest BCUT2D eigenvalue weighted by Crippen LogP contribution is -2.70. The molecule has 2 aliphatic heterocycles. The van der Waals surface area contributed by atoms with E-state index >= 15 is 0 Å². The number of hydrogen-bond donors (Lipinski definition) is 3. The first kappa shape index (κ1) is 18.1. The highest BCUT2D eigenvalue weighted by Crippen LogP contribution is 2.41. The molecule has 3 N–H and O–H groups in total. The van der Waals surface area contributed by atoms with Crippen molar-refractivity contribution in [3.63, 3.8) is 0 Å². The average molecular weight is 424 g/mol. The van der Waals surface area contributed by atoms with Crippen LogP contribution in [0.4, 0.5) is 5.69 Å². The molecule has 1 aromatic carbocycles. The zero-order valence-electron chi connectivity index (χ0n) is 13.8. The Morgan fingerprint density at radius 3 is 2.89 bits per heavy atom. The Kier molecular flexibility index (Phi) is 4.75. The van der Waals surface area contributed by atoms with Crippen molar-refractivity contribution < 1.29 is 19.5 Å². The van der Waals surface area contributed by atoms with Crippen LogP contribution in [0.1, 0.15) is 0 Å². The van der Waals surface area contributed by atoms with Crippen molar-refractivity contribution >= 4 is 68.3 Å². The van der Waals surface area contributed by atoms with Gasteiger partial charge in [-0.05, 0) is 6.07 Å². The number of benzene rings is 1. The summed E-state index contributed by atoms with van der Waals surface area (Å²) in [5, 5.41) is 17.7. The van der Waals surface area contributed by atoms with Crippen LogP contribution in [-0.2, 0) is 14.4 Å². The van der Waals surface area contributed by atoms with Crippen LogP contribution >= 0.6 is 34.7 Å². The lowest BCUT2D eigenvalue weighted by molar-refractivity contribution is -0.150. The van der Waals surface area contributed by atoms with Gasteiger partial charge in [0.05, 0.1) is 17.3 Å². The third-order valence-corrected chi connectivity index (χ3v) is 7.08. The predicted molar refractivity (Wildman–Crippen MR) is 106 cm³/mol. The summed E-state index contributed by atoms with van der Waals surface area (Å²) in [6.07, 6.45) is 0. The maximum atomic E-state index is 12.3. The van der Waals surface area contributed by atoms with Crippen LogP contribution in [0.5, 0.6) is 0 Å². The van der Waals surface area contributed by atoms with Crippen LogP contribution in [0.25, 0.3) is 10.1 Å². The number of anilines is 1. The van der Waals surface area contributed by atoms with E-state index in [1.54, 1.807) is 11.3 Å². The highest BCUT2D eigenvalue weighted by atomic mass is 35.5. The molecule has 0 bridgehead atoms. The molecule has 2 atom stereocenters. The summed E-state index contributed by atoms with van der Waals surface area (Å²) in [4.78, 5) is 37.1. The van der Waals surface area contributed by atoms with Gasteiger partial charge in [-0.2, -0.15) is 0 Å². The number of rotatable bonds is 5. The summed E-state index contributed by atoms with van der Waals surface area (Å²) in [7, 11) is 0. The first-order chi connectivity index (χ1) is 13.0. The smallest absolute Gasteiger partial charge is 0.353 e. The molecule has 1 saturated heterocycles. The average Bonchev–Trinajstić information content (AvgIpc) is 3.07. The summed E-state index contributed by atoms with van der Waals surface area (Å²) in [6.45, 7) is 0.0181. The maximum Gasteiger partial charge on any atom is 0.353 e. The van der Waals surface area contributed by atoms with Gasteiger partial charge in [-0.1, -0.05) is 29.8 Å². The number of carbonyl (C=O) groups excluding carboxylic acids is 2. The number of carboxylic acid groups (broad SMARTS) is 1. The van der Waals surface area contributed by atoms with Gasteiger partial charge in [0.2, 0.25) is 5.91 Å². The number of amides is 2. The minimum atomic E-state index is -1.24. The van der Waals surface area contributed by atoms with Gasteiger partial charge in [0.25, 0.3) is 5.91 Å². The Labute approximate surface area is 167 Å².